The summed E-state index contributed by atoms with van der Waals surface area (Å²) in [5, 5.41) is 0. The van der Waals surface area contributed by atoms with E-state index in [1.165, 1.54) is 0 Å². The number of hydrogen-bond donors (Lipinski definition) is 1. The molecule has 14 heavy (non-hydrogen) atoms. The quantitative estimate of drug-likeness (QED) is 0.165. The first kappa shape index (κ1) is 15.2. The first-order valence-electron chi connectivity index (χ1n) is 3.29. The Hall–Kier alpha value is -1.25. The number of rotatable bonds is 3. The van der Waals surface area contributed by atoms with Crippen LogP contribution in [0.5, 0.6) is 0 Å². The third-order valence-corrected chi connectivity index (χ3v) is 0.967. The molecule has 0 atom stereocenters. The molecule has 1 amide bonds. The SMILES string of the molecule is C=CC(=O)NOC(=O)CC(=O)OC.[H-].[Li+]. The van der Waals surface area contributed by atoms with Crippen LogP contribution in [-0.4, -0.2) is 25.0 Å². The number of carbonyl (C=O) groups is 3. The van der Waals surface area contributed by atoms with Gasteiger partial charge in [0, 0.05) is 0 Å². The summed E-state index contributed by atoms with van der Waals surface area (Å²) in [5.41, 5.74) is 1.75. The van der Waals surface area contributed by atoms with Crippen molar-refractivity contribution < 1.29 is 44.2 Å². The smallest absolute Gasteiger partial charge is 1.00 e. The van der Waals surface area contributed by atoms with Crippen LogP contribution in [0.25, 0.3) is 0 Å². The molecule has 0 aromatic carbocycles. The van der Waals surface area contributed by atoms with Gasteiger partial charge in [0.2, 0.25) is 0 Å². The molecule has 0 saturated heterocycles. The van der Waals surface area contributed by atoms with Crippen molar-refractivity contribution in [3.8, 4) is 0 Å². The van der Waals surface area contributed by atoms with Gasteiger partial charge in [-0.25, -0.2) is 4.79 Å². The minimum Gasteiger partial charge on any atom is -1.00 e. The fraction of sp³-hybridized carbons (Fsp3) is 0.286. The van der Waals surface area contributed by atoms with Crippen molar-refractivity contribution in [2.45, 2.75) is 6.42 Å². The number of carbonyl (C=O) groups excluding carboxylic acids is 3. The van der Waals surface area contributed by atoms with Crippen LogP contribution < -0.4 is 24.3 Å². The van der Waals surface area contributed by atoms with Gasteiger partial charge in [0.1, 0.15) is 6.42 Å². The molecule has 0 aromatic rings. The number of nitrogens with one attached hydrogen (secondary N) is 1. The molecule has 0 aliphatic carbocycles. The van der Waals surface area contributed by atoms with Gasteiger partial charge in [-0.1, -0.05) is 6.58 Å². The Morgan fingerprint density at radius 1 is 1.43 bits per heavy atom. The zero-order valence-corrected chi connectivity index (χ0v) is 8.03. The predicted octanol–water partition coefficient (Wildman–Crippen LogP) is -3.57. The van der Waals surface area contributed by atoms with Crippen LogP contribution in [0.3, 0.4) is 0 Å². The van der Waals surface area contributed by atoms with Crippen molar-refractivity contribution in [3.05, 3.63) is 12.7 Å². The van der Waals surface area contributed by atoms with Crippen molar-refractivity contribution in [2.24, 2.45) is 0 Å². The van der Waals surface area contributed by atoms with Crippen LogP contribution in [0, 0.1) is 0 Å². The fourth-order valence-corrected chi connectivity index (χ4v) is 0.375. The van der Waals surface area contributed by atoms with Gasteiger partial charge in [-0.05, 0) is 6.08 Å². The third kappa shape index (κ3) is 7.40. The van der Waals surface area contributed by atoms with E-state index in [9.17, 15) is 14.4 Å². The number of ether oxygens (including phenoxy) is 1. The van der Waals surface area contributed by atoms with E-state index in [1.54, 1.807) is 5.48 Å². The van der Waals surface area contributed by atoms with Crippen LogP contribution in [0.15, 0.2) is 12.7 Å². The molecule has 0 rings (SSSR count). The van der Waals surface area contributed by atoms with E-state index in [1.807, 2.05) is 0 Å². The first-order chi connectivity index (χ1) is 6.10. The van der Waals surface area contributed by atoms with E-state index in [0.29, 0.717) is 0 Å². The second-order valence-electron chi connectivity index (χ2n) is 1.90. The Morgan fingerprint density at radius 3 is 2.43 bits per heavy atom. The molecule has 0 fully saturated rings. The van der Waals surface area contributed by atoms with Crippen LogP contribution in [0.2, 0.25) is 0 Å². The molecule has 0 unspecified atom stereocenters. The zero-order chi connectivity index (χ0) is 10.3. The number of hydroxylamine groups is 1. The molecule has 0 aliphatic rings. The van der Waals surface area contributed by atoms with Gasteiger partial charge >= 0.3 is 30.8 Å². The van der Waals surface area contributed by atoms with E-state index >= 15 is 0 Å². The molecule has 0 heterocycles. The van der Waals surface area contributed by atoms with E-state index in [0.717, 1.165) is 13.2 Å². The molecule has 0 saturated carbocycles. The zero-order valence-electron chi connectivity index (χ0n) is 9.03. The van der Waals surface area contributed by atoms with Gasteiger partial charge in [-0.3, -0.25) is 9.59 Å². The first-order valence-corrected chi connectivity index (χ1v) is 3.29. The molecule has 0 spiro atoms. The minimum atomic E-state index is -0.901. The van der Waals surface area contributed by atoms with Gasteiger partial charge in [0.25, 0.3) is 5.91 Å². The maximum absolute atomic E-state index is 10.7. The predicted molar refractivity (Wildman–Crippen MR) is 42.2 cm³/mol. The standard InChI is InChI=1S/C7H9NO5.Li.H/c1-3-5(9)8-13-7(11)4-6(10)12-2;;/h3H,1,4H2,2H3,(H,8,9);;/q;+1;-1. The van der Waals surface area contributed by atoms with E-state index in [4.69, 9.17) is 0 Å². The van der Waals surface area contributed by atoms with E-state index in [-0.39, 0.29) is 20.3 Å². The minimum absolute atomic E-state index is 0. The van der Waals surface area contributed by atoms with E-state index < -0.39 is 24.3 Å². The molecule has 0 aliphatic heterocycles. The van der Waals surface area contributed by atoms with Crippen molar-refractivity contribution in [1.29, 1.82) is 0 Å². The molecule has 0 radical (unpaired) electrons. The Balaban J connectivity index is -0.000000720. The average Bonchev–Trinajstić information content (AvgIpc) is 2.13. The Bertz CT molecular complexity index is 246. The third-order valence-electron chi connectivity index (χ3n) is 0.967. The Morgan fingerprint density at radius 2 is 2.00 bits per heavy atom. The van der Waals surface area contributed by atoms with Gasteiger partial charge in [0.15, 0.2) is 0 Å². The number of hydrogen-bond acceptors (Lipinski definition) is 5. The second kappa shape index (κ2) is 8.35. The summed E-state index contributed by atoms with van der Waals surface area (Å²) in [5.74, 6) is -2.31. The van der Waals surface area contributed by atoms with Crippen LogP contribution >= 0.6 is 0 Å². The molecule has 1 N–H and O–H groups in total. The second-order valence-corrected chi connectivity index (χ2v) is 1.90. The van der Waals surface area contributed by atoms with Crippen LogP contribution in [0.4, 0.5) is 0 Å². The maximum atomic E-state index is 10.7. The largest absolute Gasteiger partial charge is 1.00 e. The molecule has 0 bridgehead atoms. The summed E-state index contributed by atoms with van der Waals surface area (Å²) in [6.45, 7) is 3.12. The summed E-state index contributed by atoms with van der Waals surface area (Å²) < 4.78 is 4.18. The van der Waals surface area contributed by atoms with E-state index in [2.05, 4.69) is 16.2 Å². The molecular weight excluding hydrogens is 185 g/mol. The van der Waals surface area contributed by atoms with Crippen molar-refractivity contribution in [3.63, 3.8) is 0 Å². The summed E-state index contributed by atoms with van der Waals surface area (Å²) in [4.78, 5) is 35.7. The molecular formula is C7H10LiNO5. The molecule has 74 valence electrons. The molecule has 7 heteroatoms. The maximum Gasteiger partial charge on any atom is 1.00 e. The van der Waals surface area contributed by atoms with Crippen LogP contribution in [0.1, 0.15) is 7.85 Å². The fourth-order valence-electron chi connectivity index (χ4n) is 0.375. The Labute approximate surface area is 94.2 Å². The van der Waals surface area contributed by atoms with Gasteiger partial charge < -0.3 is 11.0 Å². The van der Waals surface area contributed by atoms with Gasteiger partial charge in [-0.2, -0.15) is 5.48 Å². The van der Waals surface area contributed by atoms with Crippen molar-refractivity contribution in [1.82, 2.24) is 5.48 Å². The monoisotopic (exact) mass is 195 g/mol. The molecule has 0 aromatic heterocycles. The number of esters is 1. The molecule has 6 nitrogen and oxygen atoms in total. The summed E-state index contributed by atoms with van der Waals surface area (Å²) in [6, 6.07) is 0. The topological polar surface area (TPSA) is 81.7 Å². The van der Waals surface area contributed by atoms with Crippen molar-refractivity contribution in [2.75, 3.05) is 7.11 Å². The van der Waals surface area contributed by atoms with Crippen molar-refractivity contribution >= 4 is 17.8 Å². The van der Waals surface area contributed by atoms with Gasteiger partial charge in [-0.15, -0.1) is 0 Å². The number of amides is 1. The average molecular weight is 195 g/mol. The normalized spacial score (nSPS) is 7.79. The Kier molecular flexibility index (Phi) is 9.08. The van der Waals surface area contributed by atoms with Gasteiger partial charge in [0.05, 0.1) is 7.11 Å². The van der Waals surface area contributed by atoms with Crippen LogP contribution in [-0.2, 0) is 24.0 Å². The summed E-state index contributed by atoms with van der Waals surface area (Å²) in [6.07, 6.45) is 0.374. The summed E-state index contributed by atoms with van der Waals surface area (Å²) >= 11 is 0. The summed E-state index contributed by atoms with van der Waals surface area (Å²) in [7, 11) is 1.14. The number of methoxy groups -OCH3 is 1.